The molecule has 1 amide bonds. The van der Waals surface area contributed by atoms with Gasteiger partial charge in [0.1, 0.15) is 17.6 Å². The number of nitro benzene ring substituents is 1. The van der Waals surface area contributed by atoms with Crippen LogP contribution in [0.25, 0.3) is 5.69 Å². The predicted molar refractivity (Wildman–Crippen MR) is 118 cm³/mol. The van der Waals surface area contributed by atoms with Crippen LogP contribution < -0.4 is 10.1 Å². The number of amides is 1. The molecule has 0 unspecified atom stereocenters. The van der Waals surface area contributed by atoms with Crippen LogP contribution in [0.4, 0.5) is 11.5 Å². The van der Waals surface area contributed by atoms with Crippen molar-refractivity contribution in [3.8, 4) is 17.5 Å². The number of nitriles is 1. The average molecular weight is 448 g/mol. The van der Waals surface area contributed by atoms with Gasteiger partial charge in [-0.15, -0.1) is 0 Å². The lowest BCUT2D eigenvalue weighted by molar-refractivity contribution is -0.384. The first kappa shape index (κ1) is 23.0. The zero-order chi connectivity index (χ0) is 24.0. The van der Waals surface area contributed by atoms with Crippen molar-refractivity contribution in [3.05, 3.63) is 81.5 Å². The van der Waals surface area contributed by atoms with E-state index in [0.29, 0.717) is 11.4 Å². The smallest absolute Gasteiger partial charge is 0.344 e. The number of nitrogens with one attached hydrogen (secondary N) is 1. The van der Waals surface area contributed by atoms with Crippen molar-refractivity contribution in [1.82, 2.24) is 4.57 Å². The minimum absolute atomic E-state index is 0.107. The summed E-state index contributed by atoms with van der Waals surface area (Å²) in [7, 11) is 0. The van der Waals surface area contributed by atoms with E-state index in [-0.39, 0.29) is 11.4 Å². The highest BCUT2D eigenvalue weighted by Crippen LogP contribution is 2.29. The fourth-order valence-electron chi connectivity index (χ4n) is 3.12. The summed E-state index contributed by atoms with van der Waals surface area (Å²) in [6, 6.07) is 16.5. The van der Waals surface area contributed by atoms with Crippen LogP contribution in [0.1, 0.15) is 16.8 Å². The number of nitrogens with zero attached hydrogens (tertiary/aromatic N) is 3. The number of carbonyl (C=O) groups excluding carboxylic acids is 2. The Kier molecular flexibility index (Phi) is 7.05. The SMILES string of the molecule is Cc1c(C#N)c(NC(=O)COC(=O)COc2ccc([N+](=O)[O-])cc2)n(-c2ccccc2)c1C. The Morgan fingerprint density at radius 1 is 1.09 bits per heavy atom. The van der Waals surface area contributed by atoms with Crippen molar-refractivity contribution in [3.63, 3.8) is 0 Å². The zero-order valence-corrected chi connectivity index (χ0v) is 17.9. The van der Waals surface area contributed by atoms with Crippen LogP contribution in [-0.4, -0.2) is 34.6 Å². The molecule has 0 fully saturated rings. The number of benzene rings is 2. The van der Waals surface area contributed by atoms with Crippen molar-refractivity contribution in [2.75, 3.05) is 18.5 Å². The standard InChI is InChI=1S/C23H20N4O6/c1-15-16(2)26(17-6-4-3-5-7-17)23(20(15)12-24)25-21(28)13-33-22(29)14-32-19-10-8-18(9-11-19)27(30)31/h3-11H,13-14H2,1-2H3,(H,25,28). The molecule has 0 saturated carbocycles. The third kappa shape index (κ3) is 5.34. The van der Waals surface area contributed by atoms with Crippen molar-refractivity contribution in [1.29, 1.82) is 5.26 Å². The van der Waals surface area contributed by atoms with E-state index in [9.17, 15) is 25.0 Å². The monoisotopic (exact) mass is 448 g/mol. The molecule has 0 saturated heterocycles. The van der Waals surface area contributed by atoms with Crippen LogP contribution in [0.5, 0.6) is 5.75 Å². The van der Waals surface area contributed by atoms with Gasteiger partial charge >= 0.3 is 5.97 Å². The lowest BCUT2D eigenvalue weighted by atomic mass is 10.2. The molecule has 1 N–H and O–H groups in total. The normalized spacial score (nSPS) is 10.2. The number of esters is 1. The number of hydrogen-bond acceptors (Lipinski definition) is 7. The summed E-state index contributed by atoms with van der Waals surface area (Å²) in [5.41, 5.74) is 2.50. The minimum Gasteiger partial charge on any atom is -0.482 e. The van der Waals surface area contributed by atoms with Crippen LogP contribution in [0.15, 0.2) is 54.6 Å². The Hall–Kier alpha value is -4.65. The Bertz CT molecular complexity index is 1230. The maximum Gasteiger partial charge on any atom is 0.344 e. The quantitative estimate of drug-likeness (QED) is 0.317. The van der Waals surface area contributed by atoms with E-state index in [1.54, 1.807) is 11.5 Å². The number of para-hydroxylation sites is 1. The van der Waals surface area contributed by atoms with Gasteiger partial charge in [0.15, 0.2) is 13.2 Å². The van der Waals surface area contributed by atoms with Crippen molar-refractivity contribution >= 4 is 23.4 Å². The van der Waals surface area contributed by atoms with E-state index >= 15 is 0 Å². The highest BCUT2D eigenvalue weighted by Gasteiger charge is 2.21. The number of rotatable bonds is 8. The van der Waals surface area contributed by atoms with E-state index in [1.165, 1.54) is 24.3 Å². The fraction of sp³-hybridized carbons (Fsp3) is 0.174. The summed E-state index contributed by atoms with van der Waals surface area (Å²) >= 11 is 0. The Balaban J connectivity index is 1.62. The molecule has 10 nitrogen and oxygen atoms in total. The maximum atomic E-state index is 12.4. The maximum absolute atomic E-state index is 12.4. The number of hydrogen-bond donors (Lipinski definition) is 1. The molecule has 0 bridgehead atoms. The molecule has 33 heavy (non-hydrogen) atoms. The third-order valence-corrected chi connectivity index (χ3v) is 4.87. The number of nitro groups is 1. The molecular weight excluding hydrogens is 428 g/mol. The van der Waals surface area contributed by atoms with Crippen molar-refractivity contribution in [2.45, 2.75) is 13.8 Å². The van der Waals surface area contributed by atoms with Gasteiger partial charge in [-0.25, -0.2) is 4.79 Å². The average Bonchev–Trinajstić information content (AvgIpc) is 3.05. The van der Waals surface area contributed by atoms with Gasteiger partial charge in [-0.05, 0) is 43.7 Å². The van der Waals surface area contributed by atoms with Crippen molar-refractivity contribution in [2.24, 2.45) is 0 Å². The summed E-state index contributed by atoms with van der Waals surface area (Å²) in [5.74, 6) is -0.881. The summed E-state index contributed by atoms with van der Waals surface area (Å²) in [4.78, 5) is 34.5. The molecule has 3 rings (SSSR count). The van der Waals surface area contributed by atoms with Gasteiger partial charge in [0, 0.05) is 23.5 Å². The van der Waals surface area contributed by atoms with Gasteiger partial charge in [-0.1, -0.05) is 18.2 Å². The number of non-ortho nitro benzene ring substituents is 1. The second-order valence-corrected chi connectivity index (χ2v) is 6.97. The molecule has 1 heterocycles. The third-order valence-electron chi connectivity index (χ3n) is 4.87. The van der Waals surface area contributed by atoms with Crippen LogP contribution in [-0.2, 0) is 14.3 Å². The van der Waals surface area contributed by atoms with Crippen LogP contribution >= 0.6 is 0 Å². The van der Waals surface area contributed by atoms with Crippen LogP contribution in [0.3, 0.4) is 0 Å². The summed E-state index contributed by atoms with van der Waals surface area (Å²) in [6.07, 6.45) is 0. The molecule has 0 aliphatic rings. The largest absolute Gasteiger partial charge is 0.482 e. The molecule has 0 aliphatic heterocycles. The lowest BCUT2D eigenvalue weighted by Crippen LogP contribution is -2.25. The molecule has 1 aromatic heterocycles. The van der Waals surface area contributed by atoms with Gasteiger partial charge in [-0.3, -0.25) is 19.5 Å². The van der Waals surface area contributed by atoms with Crippen molar-refractivity contribution < 1.29 is 24.0 Å². The molecule has 0 spiro atoms. The molecule has 0 radical (unpaired) electrons. The predicted octanol–water partition coefficient (Wildman–Crippen LogP) is 3.43. The number of aromatic nitrogens is 1. The molecular formula is C23H20N4O6. The van der Waals surface area contributed by atoms with Crippen LogP contribution in [0.2, 0.25) is 0 Å². The Morgan fingerprint density at radius 2 is 1.76 bits per heavy atom. The summed E-state index contributed by atoms with van der Waals surface area (Å²) in [6.45, 7) is 2.57. The van der Waals surface area contributed by atoms with Gasteiger partial charge < -0.3 is 14.8 Å². The van der Waals surface area contributed by atoms with Gasteiger partial charge in [0.25, 0.3) is 11.6 Å². The fourth-order valence-corrected chi connectivity index (χ4v) is 3.12. The van der Waals surface area contributed by atoms with Gasteiger partial charge in [0.2, 0.25) is 0 Å². The molecule has 0 atom stereocenters. The number of anilines is 1. The first-order valence-electron chi connectivity index (χ1n) is 9.82. The Morgan fingerprint density at radius 3 is 2.36 bits per heavy atom. The van der Waals surface area contributed by atoms with Gasteiger partial charge in [-0.2, -0.15) is 5.26 Å². The Labute approximate surface area is 189 Å². The minimum atomic E-state index is -0.796. The number of carbonyl (C=O) groups is 2. The van der Waals surface area contributed by atoms with Gasteiger partial charge in [0.05, 0.1) is 10.5 Å². The summed E-state index contributed by atoms with van der Waals surface area (Å²) in [5, 5.41) is 22.9. The van der Waals surface area contributed by atoms with E-state index in [2.05, 4.69) is 11.4 Å². The second-order valence-electron chi connectivity index (χ2n) is 6.97. The van der Waals surface area contributed by atoms with E-state index in [0.717, 1.165) is 16.9 Å². The summed E-state index contributed by atoms with van der Waals surface area (Å²) < 4.78 is 11.9. The zero-order valence-electron chi connectivity index (χ0n) is 17.9. The first-order chi connectivity index (χ1) is 15.8. The van der Waals surface area contributed by atoms with E-state index in [4.69, 9.17) is 9.47 Å². The molecule has 0 aliphatic carbocycles. The van der Waals surface area contributed by atoms with E-state index < -0.39 is 30.0 Å². The second kappa shape index (κ2) is 10.1. The highest BCUT2D eigenvalue weighted by atomic mass is 16.6. The molecule has 2 aromatic carbocycles. The molecule has 3 aromatic rings. The van der Waals surface area contributed by atoms with E-state index in [1.807, 2.05) is 37.3 Å². The molecule has 168 valence electrons. The number of ether oxygens (including phenoxy) is 2. The van der Waals surface area contributed by atoms with Crippen LogP contribution in [0, 0.1) is 35.3 Å². The first-order valence-corrected chi connectivity index (χ1v) is 9.82. The topological polar surface area (TPSA) is 136 Å². The lowest BCUT2D eigenvalue weighted by Gasteiger charge is -2.13. The molecule has 10 heteroatoms. The highest BCUT2D eigenvalue weighted by molar-refractivity contribution is 5.94.